The number of rotatable bonds is 2. The fourth-order valence-corrected chi connectivity index (χ4v) is 4.56. The Morgan fingerprint density at radius 3 is 2.65 bits per heavy atom. The summed E-state index contributed by atoms with van der Waals surface area (Å²) < 4.78 is 27.0. The molecule has 4 nitrogen and oxygen atoms in total. The Bertz CT molecular complexity index is 578. The molecule has 0 radical (unpaired) electrons. The van der Waals surface area contributed by atoms with Crippen LogP contribution >= 0.6 is 24.0 Å². The molecule has 114 valence electrons. The van der Waals surface area contributed by atoms with E-state index in [0.29, 0.717) is 13.1 Å². The van der Waals surface area contributed by atoms with Crippen molar-refractivity contribution in [2.24, 2.45) is 0 Å². The first-order chi connectivity index (χ1) is 8.84. The average molecular weight is 339 g/mol. The van der Waals surface area contributed by atoms with Crippen molar-refractivity contribution in [1.29, 1.82) is 0 Å². The maximum atomic E-state index is 12.7. The number of hydrogen-bond acceptors (Lipinski definition) is 3. The van der Waals surface area contributed by atoms with Gasteiger partial charge in [-0.1, -0.05) is 17.7 Å². The Balaban J connectivity index is 0.00000200. The first kappa shape index (κ1) is 17.7. The van der Waals surface area contributed by atoms with Crippen LogP contribution < -0.4 is 5.32 Å². The predicted octanol–water partition coefficient (Wildman–Crippen LogP) is 2.44. The van der Waals surface area contributed by atoms with E-state index in [1.165, 1.54) is 4.31 Å². The largest absolute Gasteiger partial charge is 0.311 e. The zero-order valence-corrected chi connectivity index (χ0v) is 14.1. The van der Waals surface area contributed by atoms with E-state index in [9.17, 15) is 8.42 Å². The molecule has 2 rings (SSSR count). The third kappa shape index (κ3) is 3.28. The first-order valence-corrected chi connectivity index (χ1v) is 8.17. The van der Waals surface area contributed by atoms with Crippen molar-refractivity contribution in [2.45, 2.75) is 37.8 Å². The van der Waals surface area contributed by atoms with Gasteiger partial charge in [-0.2, -0.15) is 4.31 Å². The highest BCUT2D eigenvalue weighted by atomic mass is 35.5. The number of aryl methyl sites for hydroxylation is 1. The van der Waals surface area contributed by atoms with Gasteiger partial charge in [0.2, 0.25) is 10.0 Å². The van der Waals surface area contributed by atoms with Crippen molar-refractivity contribution in [3.05, 3.63) is 28.8 Å². The highest BCUT2D eigenvalue weighted by Gasteiger charge is 2.35. The van der Waals surface area contributed by atoms with Crippen molar-refractivity contribution in [3.8, 4) is 0 Å². The summed E-state index contributed by atoms with van der Waals surface area (Å²) in [7, 11) is -3.54. The molecule has 0 spiro atoms. The molecule has 20 heavy (non-hydrogen) atoms. The minimum absolute atomic E-state index is 0. The summed E-state index contributed by atoms with van der Waals surface area (Å²) in [5.41, 5.74) is 0.888. The van der Waals surface area contributed by atoms with Crippen LogP contribution in [0.3, 0.4) is 0 Å². The van der Waals surface area contributed by atoms with Crippen LogP contribution in [0.1, 0.15) is 19.4 Å². The molecule has 7 heteroatoms. The van der Waals surface area contributed by atoms with E-state index in [4.69, 9.17) is 11.6 Å². The normalized spacial score (nSPS) is 24.2. The summed E-state index contributed by atoms with van der Waals surface area (Å²) in [6.07, 6.45) is 0. The molecular formula is C13H20Cl2N2O2S. The Hall–Kier alpha value is -0.330. The van der Waals surface area contributed by atoms with Gasteiger partial charge in [0.15, 0.2) is 0 Å². The van der Waals surface area contributed by atoms with Gasteiger partial charge < -0.3 is 5.32 Å². The summed E-state index contributed by atoms with van der Waals surface area (Å²) in [5, 5.41) is 3.55. The van der Waals surface area contributed by atoms with Gasteiger partial charge in [0, 0.05) is 25.2 Å². The van der Waals surface area contributed by atoms with E-state index >= 15 is 0 Å². The molecule has 0 amide bonds. The topological polar surface area (TPSA) is 49.4 Å². The number of benzene rings is 1. The molecule has 0 aromatic heterocycles. The molecule has 2 atom stereocenters. The summed E-state index contributed by atoms with van der Waals surface area (Å²) in [6, 6.07) is 5.13. The molecule has 1 aromatic carbocycles. The van der Waals surface area contributed by atoms with E-state index < -0.39 is 10.0 Å². The third-order valence-electron chi connectivity index (χ3n) is 3.65. The van der Waals surface area contributed by atoms with Gasteiger partial charge in [-0.3, -0.25) is 0 Å². The molecule has 1 fully saturated rings. The van der Waals surface area contributed by atoms with Crippen LogP contribution in [0, 0.1) is 6.92 Å². The van der Waals surface area contributed by atoms with Crippen molar-refractivity contribution in [2.75, 3.05) is 13.1 Å². The van der Waals surface area contributed by atoms with Gasteiger partial charge in [0.25, 0.3) is 0 Å². The zero-order valence-electron chi connectivity index (χ0n) is 11.8. The quantitative estimate of drug-likeness (QED) is 0.900. The number of sulfonamides is 1. The predicted molar refractivity (Wildman–Crippen MR) is 84.3 cm³/mol. The van der Waals surface area contributed by atoms with Gasteiger partial charge in [-0.15, -0.1) is 12.4 Å². The fourth-order valence-electron chi connectivity index (χ4n) is 2.30. The molecule has 1 aliphatic heterocycles. The Kier molecular flexibility index (Phi) is 5.87. The molecule has 0 aliphatic carbocycles. The van der Waals surface area contributed by atoms with E-state index in [0.717, 1.165) is 5.56 Å². The monoisotopic (exact) mass is 338 g/mol. The lowest BCUT2D eigenvalue weighted by Gasteiger charge is -2.37. The maximum absolute atomic E-state index is 12.7. The van der Waals surface area contributed by atoms with Gasteiger partial charge in [-0.05, 0) is 38.5 Å². The Morgan fingerprint density at radius 2 is 2.00 bits per heavy atom. The van der Waals surface area contributed by atoms with Crippen LogP contribution in [-0.2, 0) is 10.0 Å². The lowest BCUT2D eigenvalue weighted by Crippen LogP contribution is -2.57. The van der Waals surface area contributed by atoms with Crippen LogP contribution in [0.5, 0.6) is 0 Å². The molecule has 1 aliphatic rings. The molecule has 0 saturated carbocycles. The van der Waals surface area contributed by atoms with Crippen molar-refractivity contribution in [3.63, 3.8) is 0 Å². The van der Waals surface area contributed by atoms with Crippen LogP contribution in [0.25, 0.3) is 0 Å². The Morgan fingerprint density at radius 1 is 1.35 bits per heavy atom. The lowest BCUT2D eigenvalue weighted by atomic mass is 10.1. The SMILES string of the molecule is Cc1ccc(Cl)c(S(=O)(=O)N2CCNC(C)C2C)c1.Cl. The minimum atomic E-state index is -3.54. The molecule has 1 heterocycles. The number of nitrogens with zero attached hydrogens (tertiary/aromatic N) is 1. The number of nitrogens with one attached hydrogen (secondary N) is 1. The lowest BCUT2D eigenvalue weighted by molar-refractivity contribution is 0.233. The van der Waals surface area contributed by atoms with Gasteiger partial charge >= 0.3 is 0 Å². The highest BCUT2D eigenvalue weighted by molar-refractivity contribution is 7.89. The second kappa shape index (κ2) is 6.62. The van der Waals surface area contributed by atoms with Gasteiger partial charge in [-0.25, -0.2) is 8.42 Å². The summed E-state index contributed by atoms with van der Waals surface area (Å²) in [4.78, 5) is 0.204. The molecule has 0 bridgehead atoms. The minimum Gasteiger partial charge on any atom is -0.311 e. The van der Waals surface area contributed by atoms with Crippen LogP contribution in [0.4, 0.5) is 0 Å². The van der Waals surface area contributed by atoms with Crippen LogP contribution in [0.15, 0.2) is 23.1 Å². The van der Waals surface area contributed by atoms with E-state index in [1.807, 2.05) is 26.8 Å². The average Bonchev–Trinajstić information content (AvgIpc) is 2.35. The van der Waals surface area contributed by atoms with E-state index in [-0.39, 0.29) is 34.4 Å². The number of piperazine rings is 1. The molecule has 1 N–H and O–H groups in total. The van der Waals surface area contributed by atoms with Crippen molar-refractivity contribution >= 4 is 34.0 Å². The van der Waals surface area contributed by atoms with Gasteiger partial charge in [0.1, 0.15) is 4.90 Å². The summed E-state index contributed by atoms with van der Waals surface area (Å²) in [5.74, 6) is 0. The second-order valence-corrected chi connectivity index (χ2v) is 7.30. The molecular weight excluding hydrogens is 319 g/mol. The Labute approximate surface area is 132 Å². The maximum Gasteiger partial charge on any atom is 0.244 e. The number of halogens is 2. The highest BCUT2D eigenvalue weighted by Crippen LogP contribution is 2.28. The van der Waals surface area contributed by atoms with Crippen molar-refractivity contribution in [1.82, 2.24) is 9.62 Å². The molecule has 1 aromatic rings. The van der Waals surface area contributed by atoms with Crippen LogP contribution in [0.2, 0.25) is 5.02 Å². The van der Waals surface area contributed by atoms with Crippen LogP contribution in [-0.4, -0.2) is 37.9 Å². The third-order valence-corrected chi connectivity index (χ3v) is 6.12. The molecule has 2 unspecified atom stereocenters. The summed E-state index contributed by atoms with van der Waals surface area (Å²) >= 11 is 6.06. The number of hydrogen-bond donors (Lipinski definition) is 1. The van der Waals surface area contributed by atoms with E-state index in [1.54, 1.807) is 12.1 Å². The zero-order chi connectivity index (χ0) is 14.2. The summed E-state index contributed by atoms with van der Waals surface area (Å²) in [6.45, 7) is 6.90. The second-order valence-electron chi connectivity index (χ2n) is 5.03. The standard InChI is InChI=1S/C13H19ClN2O2S.ClH/c1-9-4-5-12(14)13(8-9)19(17,18)16-7-6-15-10(2)11(16)3;/h4-5,8,10-11,15H,6-7H2,1-3H3;1H. The van der Waals surface area contributed by atoms with Gasteiger partial charge in [0.05, 0.1) is 5.02 Å². The van der Waals surface area contributed by atoms with Crippen molar-refractivity contribution < 1.29 is 8.42 Å². The smallest absolute Gasteiger partial charge is 0.244 e. The molecule has 1 saturated heterocycles. The fraction of sp³-hybridized carbons (Fsp3) is 0.538. The first-order valence-electron chi connectivity index (χ1n) is 6.35. The van der Waals surface area contributed by atoms with E-state index in [2.05, 4.69) is 5.32 Å².